The lowest BCUT2D eigenvalue weighted by atomic mass is 9.99. The van der Waals surface area contributed by atoms with Crippen molar-refractivity contribution in [3.8, 4) is 0 Å². The van der Waals surface area contributed by atoms with Gasteiger partial charge in [-0.05, 0) is 43.0 Å². The second kappa shape index (κ2) is 7.29. The number of carbonyl (C=O) groups is 4. The van der Waals surface area contributed by atoms with Crippen molar-refractivity contribution in [2.75, 3.05) is 18.9 Å². The van der Waals surface area contributed by atoms with Crippen molar-refractivity contribution in [3.63, 3.8) is 0 Å². The number of benzene rings is 1. The fraction of sp³-hybridized carbons (Fsp3) is 0.375. The molecule has 134 valence electrons. The Morgan fingerprint density at radius 1 is 1.32 bits per heavy atom. The summed E-state index contributed by atoms with van der Waals surface area (Å²) in [5.41, 5.74) is 1.00. The molecule has 0 spiro atoms. The SMILES string of the molecule is CNC(=O)Nc1cc2c(cc1F)[C@@H](C(=O)N(CC(C)=O)C(=O)O)CC2. The lowest BCUT2D eigenvalue weighted by molar-refractivity contribution is -0.134. The highest BCUT2D eigenvalue weighted by atomic mass is 19.1. The summed E-state index contributed by atoms with van der Waals surface area (Å²) in [6.07, 6.45) is -0.784. The quantitative estimate of drug-likeness (QED) is 0.763. The Kier molecular flexibility index (Phi) is 5.35. The minimum atomic E-state index is -1.52. The molecule has 1 atom stereocenters. The summed E-state index contributed by atoms with van der Waals surface area (Å²) in [6, 6.07) is 1.98. The third-order valence-electron chi connectivity index (χ3n) is 3.96. The Bertz CT molecular complexity index is 750. The number of amides is 4. The van der Waals surface area contributed by atoms with Crippen molar-refractivity contribution < 1.29 is 28.7 Å². The van der Waals surface area contributed by atoms with Gasteiger partial charge in [0.1, 0.15) is 11.6 Å². The molecule has 0 aromatic heterocycles. The first kappa shape index (κ1) is 18.4. The van der Waals surface area contributed by atoms with Gasteiger partial charge < -0.3 is 15.7 Å². The van der Waals surface area contributed by atoms with E-state index in [0.29, 0.717) is 28.9 Å². The fourth-order valence-corrected chi connectivity index (χ4v) is 2.82. The highest BCUT2D eigenvalue weighted by Crippen LogP contribution is 2.37. The van der Waals surface area contributed by atoms with Gasteiger partial charge in [0, 0.05) is 7.05 Å². The van der Waals surface area contributed by atoms with Crippen molar-refractivity contribution in [3.05, 3.63) is 29.1 Å². The average molecular weight is 351 g/mol. The van der Waals surface area contributed by atoms with Gasteiger partial charge in [-0.2, -0.15) is 0 Å². The summed E-state index contributed by atoms with van der Waals surface area (Å²) in [6.45, 7) is 0.640. The second-order valence-corrected chi connectivity index (χ2v) is 5.74. The van der Waals surface area contributed by atoms with Crippen LogP contribution in [0, 0.1) is 5.82 Å². The molecule has 1 aromatic rings. The van der Waals surface area contributed by atoms with Crippen LogP contribution in [0.5, 0.6) is 0 Å². The number of aryl methyl sites for hydroxylation is 1. The molecule has 8 nitrogen and oxygen atoms in total. The molecule has 1 aliphatic rings. The van der Waals surface area contributed by atoms with E-state index in [1.807, 2.05) is 0 Å². The number of ketones is 1. The Morgan fingerprint density at radius 2 is 2.00 bits per heavy atom. The maximum absolute atomic E-state index is 14.2. The van der Waals surface area contributed by atoms with Gasteiger partial charge in [-0.15, -0.1) is 0 Å². The van der Waals surface area contributed by atoms with Gasteiger partial charge in [-0.3, -0.25) is 9.59 Å². The number of carboxylic acid groups (broad SMARTS) is 1. The molecule has 0 aliphatic heterocycles. The van der Waals surface area contributed by atoms with Crippen LogP contribution < -0.4 is 10.6 Å². The number of hydrogen-bond acceptors (Lipinski definition) is 4. The molecular formula is C16H18FN3O5. The van der Waals surface area contributed by atoms with E-state index in [9.17, 15) is 23.6 Å². The van der Waals surface area contributed by atoms with E-state index in [0.717, 1.165) is 6.07 Å². The van der Waals surface area contributed by atoms with E-state index in [1.54, 1.807) is 0 Å². The van der Waals surface area contributed by atoms with Gasteiger partial charge in [0.25, 0.3) is 0 Å². The van der Waals surface area contributed by atoms with E-state index in [4.69, 9.17) is 5.11 Å². The van der Waals surface area contributed by atoms with E-state index >= 15 is 0 Å². The molecule has 2 rings (SSSR count). The Balaban J connectivity index is 2.30. The maximum atomic E-state index is 14.2. The first-order valence-corrected chi connectivity index (χ1v) is 7.59. The summed E-state index contributed by atoms with van der Waals surface area (Å²) in [4.78, 5) is 46.7. The third-order valence-corrected chi connectivity index (χ3v) is 3.96. The zero-order valence-electron chi connectivity index (χ0n) is 13.8. The first-order chi connectivity index (χ1) is 11.7. The van der Waals surface area contributed by atoms with Gasteiger partial charge in [0.05, 0.1) is 18.2 Å². The standard InChI is InChI=1S/C16H18FN3O5/c1-8(21)7-20(16(24)25)14(22)10-4-3-9-5-13(19-15(23)18-2)12(17)6-11(9)10/h5-6,10H,3-4,7H2,1-2H3,(H,24,25)(H2,18,19,23)/t10-/m0/s1. The molecule has 0 heterocycles. The molecule has 0 bridgehead atoms. The van der Waals surface area contributed by atoms with Crippen molar-refractivity contribution in [2.45, 2.75) is 25.7 Å². The molecule has 4 amide bonds. The van der Waals surface area contributed by atoms with Crippen LogP contribution in [0.3, 0.4) is 0 Å². The predicted octanol–water partition coefficient (Wildman–Crippen LogP) is 1.70. The molecule has 1 aliphatic carbocycles. The molecule has 25 heavy (non-hydrogen) atoms. The number of nitrogens with one attached hydrogen (secondary N) is 2. The molecule has 0 fully saturated rings. The number of rotatable bonds is 4. The van der Waals surface area contributed by atoms with Crippen LogP contribution in [0.4, 0.5) is 19.7 Å². The maximum Gasteiger partial charge on any atom is 0.414 e. The predicted molar refractivity (Wildman–Crippen MR) is 86.0 cm³/mol. The zero-order chi connectivity index (χ0) is 18.7. The Labute approximate surface area is 143 Å². The molecular weight excluding hydrogens is 333 g/mol. The molecule has 0 radical (unpaired) electrons. The number of anilines is 1. The lowest BCUT2D eigenvalue weighted by Crippen LogP contribution is -2.41. The van der Waals surface area contributed by atoms with Crippen LogP contribution >= 0.6 is 0 Å². The topological polar surface area (TPSA) is 116 Å². The monoisotopic (exact) mass is 351 g/mol. The van der Waals surface area contributed by atoms with Crippen molar-refractivity contribution in [2.24, 2.45) is 0 Å². The average Bonchev–Trinajstić information content (AvgIpc) is 2.94. The fourth-order valence-electron chi connectivity index (χ4n) is 2.82. The van der Waals surface area contributed by atoms with E-state index in [1.165, 1.54) is 20.0 Å². The molecule has 0 unspecified atom stereocenters. The largest absolute Gasteiger partial charge is 0.465 e. The normalized spacial score (nSPS) is 15.2. The van der Waals surface area contributed by atoms with Gasteiger partial charge in [-0.25, -0.2) is 18.9 Å². The van der Waals surface area contributed by atoms with Crippen LogP contribution in [-0.4, -0.2) is 47.4 Å². The summed E-state index contributed by atoms with van der Waals surface area (Å²) >= 11 is 0. The number of urea groups is 1. The van der Waals surface area contributed by atoms with Gasteiger partial charge in [0.2, 0.25) is 5.91 Å². The number of nitrogens with zero attached hydrogens (tertiary/aromatic N) is 1. The van der Waals surface area contributed by atoms with Crippen molar-refractivity contribution in [1.82, 2.24) is 10.2 Å². The van der Waals surface area contributed by atoms with Crippen molar-refractivity contribution >= 4 is 29.5 Å². The Morgan fingerprint density at radius 3 is 2.56 bits per heavy atom. The Hall–Kier alpha value is -2.97. The number of halogens is 1. The van der Waals surface area contributed by atoms with Crippen LogP contribution in [0.1, 0.15) is 30.4 Å². The third kappa shape index (κ3) is 3.93. The number of fused-ring (bicyclic) bond motifs is 1. The van der Waals surface area contributed by atoms with Crippen LogP contribution in [-0.2, 0) is 16.0 Å². The van der Waals surface area contributed by atoms with Crippen LogP contribution in [0.15, 0.2) is 12.1 Å². The number of imide groups is 1. The summed E-state index contributed by atoms with van der Waals surface area (Å²) in [5, 5.41) is 13.8. The van der Waals surface area contributed by atoms with Crippen molar-refractivity contribution in [1.29, 1.82) is 0 Å². The zero-order valence-corrected chi connectivity index (χ0v) is 13.8. The lowest BCUT2D eigenvalue weighted by Gasteiger charge is -2.20. The van der Waals surface area contributed by atoms with E-state index in [2.05, 4.69) is 10.6 Å². The minimum Gasteiger partial charge on any atom is -0.465 e. The molecule has 0 saturated heterocycles. The minimum absolute atomic E-state index is 0.0231. The van der Waals surface area contributed by atoms with E-state index < -0.39 is 42.1 Å². The van der Waals surface area contributed by atoms with Gasteiger partial charge in [-0.1, -0.05) is 0 Å². The number of Topliss-reactive ketones (excluding diaryl/α,β-unsaturated/α-hetero) is 1. The highest BCUT2D eigenvalue weighted by molar-refractivity contribution is 5.99. The smallest absolute Gasteiger partial charge is 0.414 e. The first-order valence-electron chi connectivity index (χ1n) is 7.59. The van der Waals surface area contributed by atoms with Gasteiger partial charge in [0.15, 0.2) is 0 Å². The molecule has 1 aromatic carbocycles. The van der Waals surface area contributed by atoms with Gasteiger partial charge >= 0.3 is 12.1 Å². The highest BCUT2D eigenvalue weighted by Gasteiger charge is 2.35. The van der Waals surface area contributed by atoms with Crippen LogP contribution in [0.25, 0.3) is 0 Å². The number of hydrogen-bond donors (Lipinski definition) is 3. The molecule has 9 heteroatoms. The second-order valence-electron chi connectivity index (χ2n) is 5.74. The number of carbonyl (C=O) groups excluding carboxylic acids is 3. The summed E-state index contributed by atoms with van der Waals surface area (Å²) < 4.78 is 14.2. The van der Waals surface area contributed by atoms with E-state index in [-0.39, 0.29) is 5.69 Å². The molecule has 0 saturated carbocycles. The summed E-state index contributed by atoms with van der Waals surface area (Å²) in [7, 11) is 1.39. The summed E-state index contributed by atoms with van der Waals surface area (Å²) in [5.74, 6) is -2.79. The molecule has 3 N–H and O–H groups in total. The van der Waals surface area contributed by atoms with Crippen LogP contribution in [0.2, 0.25) is 0 Å².